The fourth-order valence-corrected chi connectivity index (χ4v) is 1.96. The third-order valence-corrected chi connectivity index (χ3v) is 3.21. The topological polar surface area (TPSA) is 69.7 Å². The van der Waals surface area contributed by atoms with Crippen molar-refractivity contribution in [2.24, 2.45) is 0 Å². The molecular formula is C19H24O5. The fourth-order valence-electron chi connectivity index (χ4n) is 1.96. The molecule has 0 amide bonds. The van der Waals surface area contributed by atoms with E-state index in [4.69, 9.17) is 9.47 Å². The molecule has 0 aliphatic carbocycles. The molecule has 0 unspecified atom stereocenters. The highest BCUT2D eigenvalue weighted by atomic mass is 16.6. The van der Waals surface area contributed by atoms with E-state index >= 15 is 0 Å². The van der Waals surface area contributed by atoms with Gasteiger partial charge in [0.1, 0.15) is 5.60 Å². The number of carbonyl (C=O) groups is 3. The van der Waals surface area contributed by atoms with Crippen LogP contribution in [0.3, 0.4) is 0 Å². The van der Waals surface area contributed by atoms with Crippen molar-refractivity contribution in [1.82, 2.24) is 0 Å². The molecule has 24 heavy (non-hydrogen) atoms. The van der Waals surface area contributed by atoms with Crippen LogP contribution in [0.2, 0.25) is 0 Å². The zero-order valence-corrected chi connectivity index (χ0v) is 14.8. The number of allylic oxidation sites excluding steroid dienone is 1. The van der Waals surface area contributed by atoms with Crippen LogP contribution in [0.4, 0.5) is 0 Å². The van der Waals surface area contributed by atoms with Crippen molar-refractivity contribution in [2.75, 3.05) is 0 Å². The fraction of sp³-hybridized carbons (Fsp3) is 0.421. The molecule has 0 fully saturated rings. The second kappa shape index (κ2) is 7.90. The number of benzene rings is 1. The van der Waals surface area contributed by atoms with Crippen LogP contribution in [-0.2, 0) is 19.1 Å². The van der Waals surface area contributed by atoms with Gasteiger partial charge in [0.25, 0.3) is 5.60 Å². The van der Waals surface area contributed by atoms with Gasteiger partial charge in [-0.15, -0.1) is 0 Å². The molecule has 1 rings (SSSR count). The van der Waals surface area contributed by atoms with Gasteiger partial charge >= 0.3 is 11.9 Å². The number of rotatable bonds is 6. The predicted molar refractivity (Wildman–Crippen MR) is 90.5 cm³/mol. The van der Waals surface area contributed by atoms with Crippen LogP contribution in [-0.4, -0.2) is 28.9 Å². The molecule has 5 heteroatoms. The number of esters is 2. The number of carbonyl (C=O) groups excluding carboxylic acids is 3. The van der Waals surface area contributed by atoms with Crippen LogP contribution in [0.5, 0.6) is 0 Å². The van der Waals surface area contributed by atoms with E-state index in [1.54, 1.807) is 70.2 Å². The quantitative estimate of drug-likeness (QED) is 0.453. The Morgan fingerprint density at radius 2 is 1.62 bits per heavy atom. The Labute approximate surface area is 142 Å². The molecule has 0 bridgehead atoms. The van der Waals surface area contributed by atoms with E-state index in [0.29, 0.717) is 0 Å². The zero-order chi connectivity index (χ0) is 18.4. The molecule has 1 aromatic rings. The van der Waals surface area contributed by atoms with Gasteiger partial charge in [0.15, 0.2) is 5.78 Å². The summed E-state index contributed by atoms with van der Waals surface area (Å²) < 4.78 is 10.7. The molecule has 0 spiro atoms. The molecule has 0 N–H and O–H groups in total. The Kier molecular flexibility index (Phi) is 6.46. The first-order valence-corrected chi connectivity index (χ1v) is 7.76. The van der Waals surface area contributed by atoms with Gasteiger partial charge in [-0.25, -0.2) is 9.59 Å². The lowest BCUT2D eigenvalue weighted by Gasteiger charge is -2.31. The van der Waals surface area contributed by atoms with Gasteiger partial charge in [-0.3, -0.25) is 4.79 Å². The number of hydrogen-bond donors (Lipinski definition) is 0. The average Bonchev–Trinajstić information content (AvgIpc) is 2.50. The molecule has 1 atom stereocenters. The van der Waals surface area contributed by atoms with E-state index in [1.807, 2.05) is 0 Å². The smallest absolute Gasteiger partial charge is 0.359 e. The van der Waals surface area contributed by atoms with Crippen LogP contribution in [0.1, 0.15) is 51.4 Å². The molecule has 0 aliphatic rings. The van der Waals surface area contributed by atoms with Crippen LogP contribution < -0.4 is 0 Å². The Morgan fingerprint density at radius 3 is 2.08 bits per heavy atom. The second-order valence-electron chi connectivity index (χ2n) is 6.41. The highest BCUT2D eigenvalue weighted by Crippen LogP contribution is 2.25. The highest BCUT2D eigenvalue weighted by molar-refractivity contribution is 6.09. The standard InChI is InChI=1S/C19H24O5/c1-6-7-13-19(14(2)20,17(22)24-18(3,4)5)23-16(21)15-11-9-8-10-12-15/h6-12H,13H2,1-5H3/b7-6+/t19-/m1/s1. The lowest BCUT2D eigenvalue weighted by molar-refractivity contribution is -0.179. The number of hydrogen-bond acceptors (Lipinski definition) is 5. The van der Waals surface area contributed by atoms with Gasteiger partial charge < -0.3 is 9.47 Å². The molecule has 0 saturated heterocycles. The SMILES string of the molecule is C/C=C/C[C@@](OC(=O)c1ccccc1)(C(C)=O)C(=O)OC(C)(C)C. The second-order valence-corrected chi connectivity index (χ2v) is 6.41. The summed E-state index contributed by atoms with van der Waals surface area (Å²) in [6.07, 6.45) is 3.20. The summed E-state index contributed by atoms with van der Waals surface area (Å²) in [5.41, 5.74) is -2.55. The molecule has 130 valence electrons. The summed E-state index contributed by atoms with van der Waals surface area (Å²) >= 11 is 0. The van der Waals surface area contributed by atoms with E-state index in [9.17, 15) is 14.4 Å². The van der Waals surface area contributed by atoms with Gasteiger partial charge in [0.2, 0.25) is 0 Å². The van der Waals surface area contributed by atoms with Crippen molar-refractivity contribution in [2.45, 2.75) is 52.2 Å². The summed E-state index contributed by atoms with van der Waals surface area (Å²) in [5.74, 6) is -2.20. The van der Waals surface area contributed by atoms with E-state index in [0.717, 1.165) is 0 Å². The first kappa shape index (κ1) is 19.6. The molecule has 5 nitrogen and oxygen atoms in total. The normalized spacial score (nSPS) is 14.0. The van der Waals surface area contributed by atoms with E-state index in [-0.39, 0.29) is 12.0 Å². The third-order valence-electron chi connectivity index (χ3n) is 3.21. The maximum Gasteiger partial charge on any atom is 0.359 e. The molecule has 0 saturated carbocycles. The van der Waals surface area contributed by atoms with Crippen molar-refractivity contribution in [3.63, 3.8) is 0 Å². The minimum absolute atomic E-state index is 0.0771. The zero-order valence-electron chi connectivity index (χ0n) is 14.8. The Morgan fingerprint density at radius 1 is 1.04 bits per heavy atom. The van der Waals surface area contributed by atoms with Gasteiger partial charge in [-0.2, -0.15) is 0 Å². The Hall–Kier alpha value is -2.43. The molecule has 0 aromatic heterocycles. The van der Waals surface area contributed by atoms with E-state index in [2.05, 4.69) is 0 Å². The van der Waals surface area contributed by atoms with Crippen LogP contribution in [0, 0.1) is 0 Å². The molecule has 1 aromatic carbocycles. The van der Waals surface area contributed by atoms with Gasteiger partial charge in [0, 0.05) is 6.42 Å². The van der Waals surface area contributed by atoms with Gasteiger partial charge in [-0.05, 0) is 46.8 Å². The van der Waals surface area contributed by atoms with Crippen molar-refractivity contribution in [3.05, 3.63) is 48.0 Å². The first-order valence-electron chi connectivity index (χ1n) is 7.76. The largest absolute Gasteiger partial charge is 0.457 e. The summed E-state index contributed by atoms with van der Waals surface area (Å²) in [5, 5.41) is 0. The predicted octanol–water partition coefficient (Wildman–Crippen LogP) is 3.48. The number of Topliss-reactive ketones (excluding diaryl/α,β-unsaturated/α-hetero) is 1. The molecule has 0 aliphatic heterocycles. The average molecular weight is 332 g/mol. The summed E-state index contributed by atoms with van der Waals surface area (Å²) in [7, 11) is 0. The van der Waals surface area contributed by atoms with E-state index in [1.165, 1.54) is 6.92 Å². The number of ketones is 1. The minimum atomic E-state index is -1.99. The number of ether oxygens (including phenoxy) is 2. The van der Waals surface area contributed by atoms with Crippen molar-refractivity contribution >= 4 is 17.7 Å². The molecule has 0 radical (unpaired) electrons. The summed E-state index contributed by atoms with van der Waals surface area (Å²) in [4.78, 5) is 37.3. The summed E-state index contributed by atoms with van der Waals surface area (Å²) in [6, 6.07) is 8.20. The first-order chi connectivity index (χ1) is 11.1. The minimum Gasteiger partial charge on any atom is -0.457 e. The lowest BCUT2D eigenvalue weighted by atomic mass is 9.93. The van der Waals surface area contributed by atoms with Gasteiger partial charge in [0.05, 0.1) is 5.56 Å². The Balaban J connectivity index is 3.23. The maximum absolute atomic E-state index is 12.6. The van der Waals surface area contributed by atoms with E-state index < -0.39 is 28.9 Å². The monoisotopic (exact) mass is 332 g/mol. The van der Waals surface area contributed by atoms with Crippen molar-refractivity contribution < 1.29 is 23.9 Å². The lowest BCUT2D eigenvalue weighted by Crippen LogP contribution is -2.52. The third kappa shape index (κ3) is 5.05. The van der Waals surface area contributed by atoms with Crippen molar-refractivity contribution in [3.8, 4) is 0 Å². The molecular weight excluding hydrogens is 308 g/mol. The van der Waals surface area contributed by atoms with Crippen molar-refractivity contribution in [1.29, 1.82) is 0 Å². The van der Waals surface area contributed by atoms with Crippen LogP contribution in [0.15, 0.2) is 42.5 Å². The molecule has 0 heterocycles. The van der Waals surface area contributed by atoms with Crippen LogP contribution >= 0.6 is 0 Å². The van der Waals surface area contributed by atoms with Crippen LogP contribution in [0.25, 0.3) is 0 Å². The Bertz CT molecular complexity index is 625. The van der Waals surface area contributed by atoms with Gasteiger partial charge in [-0.1, -0.05) is 30.4 Å². The maximum atomic E-state index is 12.6. The highest BCUT2D eigenvalue weighted by Gasteiger charge is 2.49. The summed E-state index contributed by atoms with van der Waals surface area (Å²) in [6.45, 7) is 8.02.